The summed E-state index contributed by atoms with van der Waals surface area (Å²) in [5.74, 6) is 0. The number of fused-ring (bicyclic) bond motifs is 1. The third-order valence-electron chi connectivity index (χ3n) is 2.32. The van der Waals surface area contributed by atoms with Crippen LogP contribution in [-0.4, -0.2) is 11.2 Å². The fourth-order valence-electron chi connectivity index (χ4n) is 1.47. The van der Waals surface area contributed by atoms with Gasteiger partial charge in [0, 0.05) is 16.0 Å². The van der Waals surface area contributed by atoms with Gasteiger partial charge in [0.1, 0.15) is 0 Å². The molecule has 2 heteroatoms. The van der Waals surface area contributed by atoms with Crippen molar-refractivity contribution in [2.75, 3.05) is 6.26 Å². The third-order valence-corrected chi connectivity index (χ3v) is 3.04. The van der Waals surface area contributed by atoms with Crippen LogP contribution >= 0.6 is 11.8 Å². The third kappa shape index (κ3) is 1.75. The Morgan fingerprint density at radius 1 is 1.21 bits per heavy atom. The van der Waals surface area contributed by atoms with Crippen molar-refractivity contribution in [3.05, 3.63) is 36.0 Å². The highest BCUT2D eigenvalue weighted by Gasteiger charge is 1.97. The van der Waals surface area contributed by atoms with Gasteiger partial charge in [0.2, 0.25) is 0 Å². The maximum Gasteiger partial charge on any atom is 0.0706 e. The van der Waals surface area contributed by atoms with Crippen LogP contribution < -0.4 is 0 Å². The molecule has 0 aliphatic rings. The number of benzene rings is 1. The van der Waals surface area contributed by atoms with E-state index in [2.05, 4.69) is 48.5 Å². The van der Waals surface area contributed by atoms with Gasteiger partial charge in [0.05, 0.1) is 5.52 Å². The Hall–Kier alpha value is -1.02. The molecule has 2 aromatic rings. The second-order valence-electron chi connectivity index (χ2n) is 3.21. The Bertz CT molecular complexity index is 408. The van der Waals surface area contributed by atoms with E-state index in [-0.39, 0.29) is 0 Å². The first kappa shape index (κ1) is 9.53. The number of aryl methyl sites for hydroxylation is 1. The summed E-state index contributed by atoms with van der Waals surface area (Å²) in [7, 11) is 0. The smallest absolute Gasteiger partial charge is 0.0706 e. The van der Waals surface area contributed by atoms with Crippen molar-refractivity contribution in [1.82, 2.24) is 4.98 Å². The SMILES string of the molecule is CCc1ccc2cc(SC)ccc2n1. The maximum absolute atomic E-state index is 4.56. The molecule has 0 atom stereocenters. The minimum atomic E-state index is 1.00. The standard InChI is InChI=1S/C12H13NS/c1-3-10-5-4-9-8-11(14-2)6-7-12(9)13-10/h4-8H,3H2,1-2H3. The summed E-state index contributed by atoms with van der Waals surface area (Å²) in [5.41, 5.74) is 2.26. The molecule has 1 heterocycles. The zero-order valence-electron chi connectivity index (χ0n) is 8.45. The van der Waals surface area contributed by atoms with Crippen molar-refractivity contribution >= 4 is 22.7 Å². The minimum absolute atomic E-state index is 1.00. The van der Waals surface area contributed by atoms with Gasteiger partial charge in [-0.15, -0.1) is 11.8 Å². The van der Waals surface area contributed by atoms with E-state index in [4.69, 9.17) is 0 Å². The molecule has 0 radical (unpaired) electrons. The van der Waals surface area contributed by atoms with Gasteiger partial charge in [-0.25, -0.2) is 0 Å². The predicted octanol–water partition coefficient (Wildman–Crippen LogP) is 3.52. The van der Waals surface area contributed by atoms with E-state index in [1.165, 1.54) is 10.3 Å². The Balaban J connectivity index is 2.57. The average Bonchev–Trinajstić information content (AvgIpc) is 2.27. The molecule has 2 rings (SSSR count). The zero-order chi connectivity index (χ0) is 9.97. The number of hydrogen-bond acceptors (Lipinski definition) is 2. The summed E-state index contributed by atoms with van der Waals surface area (Å²) >= 11 is 1.77. The molecule has 0 N–H and O–H groups in total. The number of rotatable bonds is 2. The molecule has 0 amide bonds. The van der Waals surface area contributed by atoms with Gasteiger partial charge < -0.3 is 0 Å². The molecule has 0 saturated carbocycles. The van der Waals surface area contributed by atoms with E-state index >= 15 is 0 Å². The molecule has 0 bridgehead atoms. The first-order valence-electron chi connectivity index (χ1n) is 4.77. The molecular formula is C12H13NS. The summed E-state index contributed by atoms with van der Waals surface area (Å²) in [6, 6.07) is 10.7. The van der Waals surface area contributed by atoms with Crippen LogP contribution in [0.5, 0.6) is 0 Å². The Morgan fingerprint density at radius 2 is 2.07 bits per heavy atom. The lowest BCUT2D eigenvalue weighted by atomic mass is 10.2. The van der Waals surface area contributed by atoms with Crippen LogP contribution in [0.25, 0.3) is 10.9 Å². The minimum Gasteiger partial charge on any atom is -0.253 e. The summed E-state index contributed by atoms with van der Waals surface area (Å²) in [6.07, 6.45) is 3.09. The highest BCUT2D eigenvalue weighted by atomic mass is 32.2. The quantitative estimate of drug-likeness (QED) is 0.693. The molecule has 0 unspecified atom stereocenters. The van der Waals surface area contributed by atoms with Crippen molar-refractivity contribution in [2.45, 2.75) is 18.2 Å². The molecule has 1 nitrogen and oxygen atoms in total. The van der Waals surface area contributed by atoms with Crippen LogP contribution in [0.2, 0.25) is 0 Å². The second-order valence-corrected chi connectivity index (χ2v) is 4.09. The average molecular weight is 203 g/mol. The van der Waals surface area contributed by atoms with Gasteiger partial charge in [0.15, 0.2) is 0 Å². The van der Waals surface area contributed by atoms with E-state index in [0.29, 0.717) is 0 Å². The van der Waals surface area contributed by atoms with Gasteiger partial charge in [0.25, 0.3) is 0 Å². The van der Waals surface area contributed by atoms with E-state index in [9.17, 15) is 0 Å². The molecule has 1 aromatic carbocycles. The number of pyridine rings is 1. The fourth-order valence-corrected chi connectivity index (χ4v) is 1.92. The summed E-state index contributed by atoms with van der Waals surface area (Å²) in [4.78, 5) is 5.85. The van der Waals surface area contributed by atoms with Crippen molar-refractivity contribution in [1.29, 1.82) is 0 Å². The monoisotopic (exact) mass is 203 g/mol. The van der Waals surface area contributed by atoms with Crippen LogP contribution in [0.4, 0.5) is 0 Å². The molecule has 14 heavy (non-hydrogen) atoms. The van der Waals surface area contributed by atoms with Crippen LogP contribution in [-0.2, 0) is 6.42 Å². The first-order chi connectivity index (χ1) is 6.83. The molecule has 0 fully saturated rings. The van der Waals surface area contributed by atoms with Gasteiger partial charge in [-0.1, -0.05) is 13.0 Å². The van der Waals surface area contributed by atoms with Crippen LogP contribution in [0.3, 0.4) is 0 Å². The van der Waals surface area contributed by atoms with Gasteiger partial charge in [-0.2, -0.15) is 0 Å². The lowest BCUT2D eigenvalue weighted by Gasteiger charge is -2.02. The maximum atomic E-state index is 4.56. The lowest BCUT2D eigenvalue weighted by Crippen LogP contribution is -1.87. The van der Waals surface area contributed by atoms with Gasteiger partial charge in [-0.05, 0) is 36.9 Å². The Morgan fingerprint density at radius 3 is 2.79 bits per heavy atom. The predicted molar refractivity (Wildman–Crippen MR) is 62.9 cm³/mol. The number of nitrogens with zero attached hydrogens (tertiary/aromatic N) is 1. The highest BCUT2D eigenvalue weighted by Crippen LogP contribution is 2.20. The fraction of sp³-hybridized carbons (Fsp3) is 0.250. The van der Waals surface area contributed by atoms with Gasteiger partial charge >= 0.3 is 0 Å². The lowest BCUT2D eigenvalue weighted by molar-refractivity contribution is 1.06. The molecule has 0 aliphatic heterocycles. The molecule has 0 saturated heterocycles. The van der Waals surface area contributed by atoms with E-state index < -0.39 is 0 Å². The largest absolute Gasteiger partial charge is 0.253 e. The number of thioether (sulfide) groups is 1. The van der Waals surface area contributed by atoms with Gasteiger partial charge in [-0.3, -0.25) is 4.98 Å². The summed E-state index contributed by atoms with van der Waals surface area (Å²) in [5, 5.41) is 1.23. The van der Waals surface area contributed by atoms with E-state index in [0.717, 1.165) is 17.6 Å². The number of hydrogen-bond donors (Lipinski definition) is 0. The van der Waals surface area contributed by atoms with E-state index in [1.807, 2.05) is 0 Å². The first-order valence-corrected chi connectivity index (χ1v) is 5.99. The van der Waals surface area contributed by atoms with Crippen molar-refractivity contribution in [2.24, 2.45) is 0 Å². The van der Waals surface area contributed by atoms with Crippen molar-refractivity contribution in [3.63, 3.8) is 0 Å². The molecule has 72 valence electrons. The molecule has 1 aromatic heterocycles. The number of aromatic nitrogens is 1. The van der Waals surface area contributed by atoms with Crippen LogP contribution in [0, 0.1) is 0 Å². The molecular weight excluding hydrogens is 190 g/mol. The van der Waals surface area contributed by atoms with Crippen LogP contribution in [0.15, 0.2) is 35.2 Å². The second kappa shape index (κ2) is 4.01. The Labute approximate surface area is 88.6 Å². The highest BCUT2D eigenvalue weighted by molar-refractivity contribution is 7.98. The topological polar surface area (TPSA) is 12.9 Å². The zero-order valence-corrected chi connectivity index (χ0v) is 9.27. The van der Waals surface area contributed by atoms with Crippen molar-refractivity contribution in [3.8, 4) is 0 Å². The summed E-state index contributed by atoms with van der Waals surface area (Å²) in [6.45, 7) is 2.13. The molecule has 0 spiro atoms. The normalized spacial score (nSPS) is 10.7. The summed E-state index contributed by atoms with van der Waals surface area (Å²) < 4.78 is 0. The molecule has 0 aliphatic carbocycles. The Kier molecular flexibility index (Phi) is 2.73. The van der Waals surface area contributed by atoms with E-state index in [1.54, 1.807) is 11.8 Å². The van der Waals surface area contributed by atoms with Crippen LogP contribution in [0.1, 0.15) is 12.6 Å². The van der Waals surface area contributed by atoms with Crippen molar-refractivity contribution < 1.29 is 0 Å².